The highest BCUT2D eigenvalue weighted by Gasteiger charge is 2.16. The molecule has 0 aliphatic heterocycles. The molecule has 0 spiro atoms. The predicted molar refractivity (Wildman–Crippen MR) is 101 cm³/mol. The lowest BCUT2D eigenvalue weighted by Gasteiger charge is -2.02. The zero-order valence-corrected chi connectivity index (χ0v) is 14.7. The summed E-state index contributed by atoms with van der Waals surface area (Å²) >= 11 is 0. The lowest BCUT2D eigenvalue weighted by molar-refractivity contribution is 0.0949. The molecular weight excluding hydrogens is 328 g/mol. The van der Waals surface area contributed by atoms with Crippen LogP contribution >= 0.6 is 0 Å². The predicted octanol–water partition coefficient (Wildman–Crippen LogP) is 3.55. The van der Waals surface area contributed by atoms with Crippen LogP contribution in [0.15, 0.2) is 59.7 Å². The van der Waals surface area contributed by atoms with Crippen molar-refractivity contribution >= 4 is 12.1 Å². The normalized spacial score (nSPS) is 10.8. The van der Waals surface area contributed by atoms with Gasteiger partial charge in [-0.2, -0.15) is 10.2 Å². The van der Waals surface area contributed by atoms with E-state index in [1.54, 1.807) is 6.21 Å². The van der Waals surface area contributed by atoms with E-state index in [0.717, 1.165) is 28.1 Å². The topological polar surface area (TPSA) is 79.4 Å². The molecule has 0 fully saturated rings. The molecule has 0 bridgehead atoms. The number of rotatable bonds is 6. The van der Waals surface area contributed by atoms with Crippen molar-refractivity contribution in [2.45, 2.75) is 13.8 Å². The van der Waals surface area contributed by atoms with Crippen molar-refractivity contribution in [1.82, 2.24) is 15.6 Å². The second-order valence-electron chi connectivity index (χ2n) is 5.64. The van der Waals surface area contributed by atoms with Gasteiger partial charge in [-0.1, -0.05) is 30.3 Å². The van der Waals surface area contributed by atoms with Gasteiger partial charge in [0.2, 0.25) is 0 Å². The second-order valence-corrected chi connectivity index (χ2v) is 5.64. The minimum absolute atomic E-state index is 0.334. The van der Waals surface area contributed by atoms with E-state index in [4.69, 9.17) is 4.74 Å². The van der Waals surface area contributed by atoms with Gasteiger partial charge in [0.05, 0.1) is 18.5 Å². The van der Waals surface area contributed by atoms with Crippen LogP contribution in [0.25, 0.3) is 11.3 Å². The van der Waals surface area contributed by atoms with E-state index >= 15 is 0 Å². The average molecular weight is 348 g/mol. The molecule has 3 rings (SSSR count). The molecule has 0 saturated heterocycles. The number of carbonyl (C=O) groups is 1. The lowest BCUT2D eigenvalue weighted by Crippen LogP contribution is -2.19. The second kappa shape index (κ2) is 8.11. The maximum absolute atomic E-state index is 12.3. The molecule has 0 radical (unpaired) electrons. The Labute approximate surface area is 151 Å². The highest BCUT2D eigenvalue weighted by Crippen LogP contribution is 2.22. The summed E-state index contributed by atoms with van der Waals surface area (Å²) in [6, 6.07) is 17.2. The summed E-state index contributed by atoms with van der Waals surface area (Å²) in [6.45, 7) is 4.42. The summed E-state index contributed by atoms with van der Waals surface area (Å²) < 4.78 is 5.39. The molecule has 1 amide bonds. The molecule has 0 aliphatic rings. The van der Waals surface area contributed by atoms with Crippen LogP contribution in [-0.4, -0.2) is 28.9 Å². The summed E-state index contributed by atoms with van der Waals surface area (Å²) in [6.07, 6.45) is 1.58. The van der Waals surface area contributed by atoms with Crippen LogP contribution in [0.3, 0.4) is 0 Å². The Balaban J connectivity index is 1.66. The van der Waals surface area contributed by atoms with Crippen LogP contribution < -0.4 is 10.2 Å². The largest absolute Gasteiger partial charge is 0.494 e. The standard InChI is InChI=1S/C20H20N4O2/c1-3-26-17-11-9-15(10-12-17)13-21-24-20(25)19-14(2)18(22-23-19)16-7-5-4-6-8-16/h4-13H,3H2,1-2H3,(H,22,23)(H,24,25)/b21-13+. The van der Waals surface area contributed by atoms with E-state index in [0.29, 0.717) is 12.3 Å². The molecule has 1 aromatic heterocycles. The first-order valence-corrected chi connectivity index (χ1v) is 8.35. The first kappa shape index (κ1) is 17.4. The number of hydrogen-bond acceptors (Lipinski definition) is 4. The number of hydrazone groups is 1. The van der Waals surface area contributed by atoms with Crippen molar-refractivity contribution in [1.29, 1.82) is 0 Å². The number of benzene rings is 2. The average Bonchev–Trinajstić information content (AvgIpc) is 3.05. The minimum Gasteiger partial charge on any atom is -0.494 e. The zero-order valence-electron chi connectivity index (χ0n) is 14.7. The van der Waals surface area contributed by atoms with E-state index in [2.05, 4.69) is 20.7 Å². The summed E-state index contributed by atoms with van der Waals surface area (Å²) in [4.78, 5) is 12.3. The molecule has 3 aromatic rings. The number of nitrogens with one attached hydrogen (secondary N) is 2. The Kier molecular flexibility index (Phi) is 5.43. The number of nitrogens with zero attached hydrogens (tertiary/aromatic N) is 2. The van der Waals surface area contributed by atoms with Gasteiger partial charge in [-0.25, -0.2) is 5.43 Å². The number of hydrogen-bond donors (Lipinski definition) is 2. The van der Waals surface area contributed by atoms with Crippen molar-refractivity contribution in [3.63, 3.8) is 0 Å². The van der Waals surface area contributed by atoms with Gasteiger partial charge in [-0.3, -0.25) is 9.89 Å². The quantitative estimate of drug-likeness (QED) is 0.528. The van der Waals surface area contributed by atoms with Gasteiger partial charge < -0.3 is 4.74 Å². The summed E-state index contributed by atoms with van der Waals surface area (Å²) in [5.74, 6) is 0.467. The summed E-state index contributed by atoms with van der Waals surface area (Å²) in [5, 5.41) is 11.0. The Morgan fingerprint density at radius 2 is 1.92 bits per heavy atom. The third kappa shape index (κ3) is 3.97. The van der Waals surface area contributed by atoms with E-state index in [1.807, 2.05) is 68.4 Å². The van der Waals surface area contributed by atoms with Gasteiger partial charge in [-0.15, -0.1) is 0 Å². The molecule has 1 heterocycles. The Morgan fingerprint density at radius 3 is 2.62 bits per heavy atom. The van der Waals surface area contributed by atoms with Crippen molar-refractivity contribution < 1.29 is 9.53 Å². The summed E-state index contributed by atoms with van der Waals surface area (Å²) in [5.41, 5.74) is 6.27. The van der Waals surface area contributed by atoms with Crippen LogP contribution in [0.2, 0.25) is 0 Å². The molecule has 0 saturated carbocycles. The van der Waals surface area contributed by atoms with E-state index in [9.17, 15) is 4.79 Å². The third-order valence-corrected chi connectivity index (χ3v) is 3.85. The van der Waals surface area contributed by atoms with Crippen molar-refractivity contribution in [3.8, 4) is 17.0 Å². The maximum Gasteiger partial charge on any atom is 0.289 e. The fraction of sp³-hybridized carbons (Fsp3) is 0.150. The molecule has 26 heavy (non-hydrogen) atoms. The maximum atomic E-state index is 12.3. The van der Waals surface area contributed by atoms with Crippen molar-refractivity contribution in [2.24, 2.45) is 5.10 Å². The van der Waals surface area contributed by atoms with E-state index < -0.39 is 0 Å². The SMILES string of the molecule is CCOc1ccc(/C=N/NC(=O)c2[nH]nc(-c3ccccc3)c2C)cc1. The minimum atomic E-state index is -0.334. The zero-order chi connectivity index (χ0) is 18.4. The van der Waals surface area contributed by atoms with Crippen LogP contribution in [0, 0.1) is 6.92 Å². The number of aromatic nitrogens is 2. The van der Waals surface area contributed by atoms with E-state index in [-0.39, 0.29) is 5.91 Å². The van der Waals surface area contributed by atoms with Crippen LogP contribution in [0.1, 0.15) is 28.5 Å². The van der Waals surface area contributed by atoms with Gasteiger partial charge in [-0.05, 0) is 43.7 Å². The summed E-state index contributed by atoms with van der Waals surface area (Å²) in [7, 11) is 0. The van der Waals surface area contributed by atoms with Gasteiger partial charge in [0.1, 0.15) is 11.4 Å². The molecule has 6 heteroatoms. The Morgan fingerprint density at radius 1 is 1.19 bits per heavy atom. The van der Waals surface area contributed by atoms with Crippen molar-refractivity contribution in [3.05, 3.63) is 71.4 Å². The van der Waals surface area contributed by atoms with Crippen LogP contribution in [0.4, 0.5) is 0 Å². The molecule has 0 atom stereocenters. The first-order chi connectivity index (χ1) is 12.7. The molecule has 0 unspecified atom stereocenters. The molecule has 0 aliphatic carbocycles. The highest BCUT2D eigenvalue weighted by atomic mass is 16.5. The number of carbonyl (C=O) groups excluding carboxylic acids is 1. The molecule has 2 N–H and O–H groups in total. The Hall–Kier alpha value is -3.41. The van der Waals surface area contributed by atoms with Gasteiger partial charge in [0.25, 0.3) is 5.91 Å². The first-order valence-electron chi connectivity index (χ1n) is 8.35. The van der Waals surface area contributed by atoms with E-state index in [1.165, 1.54) is 0 Å². The van der Waals surface area contributed by atoms with Gasteiger partial charge in [0.15, 0.2) is 0 Å². The number of H-pyrrole nitrogens is 1. The number of amides is 1. The Bertz CT molecular complexity index is 899. The molecular formula is C20H20N4O2. The number of ether oxygens (including phenoxy) is 1. The third-order valence-electron chi connectivity index (χ3n) is 3.85. The molecule has 2 aromatic carbocycles. The highest BCUT2D eigenvalue weighted by molar-refractivity contribution is 5.95. The van der Waals surface area contributed by atoms with Gasteiger partial charge >= 0.3 is 0 Å². The molecule has 132 valence electrons. The lowest BCUT2D eigenvalue weighted by atomic mass is 10.1. The van der Waals surface area contributed by atoms with Crippen molar-refractivity contribution in [2.75, 3.05) is 6.61 Å². The van der Waals surface area contributed by atoms with Gasteiger partial charge in [0, 0.05) is 11.1 Å². The van der Waals surface area contributed by atoms with Crippen LogP contribution in [-0.2, 0) is 0 Å². The fourth-order valence-electron chi connectivity index (χ4n) is 2.53. The smallest absolute Gasteiger partial charge is 0.289 e. The molecule has 6 nitrogen and oxygen atoms in total. The monoisotopic (exact) mass is 348 g/mol. The fourth-order valence-corrected chi connectivity index (χ4v) is 2.53. The van der Waals surface area contributed by atoms with Crippen LogP contribution in [0.5, 0.6) is 5.75 Å². The number of aromatic amines is 1.